The number of hydrogen-bond donors (Lipinski definition) is 1. The maximum Gasteiger partial charge on any atom is 0.231 e. The smallest absolute Gasteiger partial charge is 0.231 e. The Morgan fingerprint density at radius 3 is 2.50 bits per heavy atom. The molecule has 2 heterocycles. The first-order valence-electron chi connectivity index (χ1n) is 8.27. The summed E-state index contributed by atoms with van der Waals surface area (Å²) in [5, 5.41) is 10.6. The van der Waals surface area contributed by atoms with Gasteiger partial charge in [-0.2, -0.15) is 0 Å². The molecule has 5 nitrogen and oxygen atoms in total. The summed E-state index contributed by atoms with van der Waals surface area (Å²) in [5.74, 6) is 2.33. The first-order chi connectivity index (χ1) is 11.8. The highest BCUT2D eigenvalue weighted by Gasteiger charge is 2.31. The number of likely N-dealkylation sites (tertiary alicyclic amines) is 1. The van der Waals surface area contributed by atoms with E-state index in [1.807, 2.05) is 24.3 Å². The summed E-state index contributed by atoms with van der Waals surface area (Å²) in [5.41, 5.74) is 1.88. The van der Waals surface area contributed by atoms with E-state index >= 15 is 0 Å². The minimum Gasteiger partial charge on any atom is -0.507 e. The van der Waals surface area contributed by atoms with Crippen molar-refractivity contribution in [2.24, 2.45) is 0 Å². The van der Waals surface area contributed by atoms with E-state index in [0.717, 1.165) is 42.8 Å². The Kier molecular flexibility index (Phi) is 3.94. The average molecular weight is 327 g/mol. The summed E-state index contributed by atoms with van der Waals surface area (Å²) in [6, 6.07) is 11.5. The van der Waals surface area contributed by atoms with E-state index in [0.29, 0.717) is 11.5 Å². The molecule has 1 fully saturated rings. The van der Waals surface area contributed by atoms with Crippen LogP contribution in [0, 0.1) is 0 Å². The normalized spacial score (nSPS) is 17.9. The van der Waals surface area contributed by atoms with E-state index in [1.165, 1.54) is 0 Å². The Morgan fingerprint density at radius 1 is 1.04 bits per heavy atom. The van der Waals surface area contributed by atoms with Crippen LogP contribution in [0.15, 0.2) is 36.4 Å². The molecule has 4 rings (SSSR count). The number of nitrogens with zero attached hydrogens (tertiary/aromatic N) is 1. The van der Waals surface area contributed by atoms with Gasteiger partial charge in [0.15, 0.2) is 11.5 Å². The van der Waals surface area contributed by atoms with Crippen LogP contribution in [-0.4, -0.2) is 37.0 Å². The molecule has 0 aromatic heterocycles. The van der Waals surface area contributed by atoms with Gasteiger partial charge in [-0.15, -0.1) is 0 Å². The van der Waals surface area contributed by atoms with Crippen LogP contribution in [0.3, 0.4) is 0 Å². The largest absolute Gasteiger partial charge is 0.507 e. The van der Waals surface area contributed by atoms with Crippen molar-refractivity contribution in [1.82, 2.24) is 4.90 Å². The molecule has 2 aliphatic heterocycles. The van der Waals surface area contributed by atoms with Gasteiger partial charge in [0.2, 0.25) is 6.79 Å². The second-order valence-corrected chi connectivity index (χ2v) is 6.15. The van der Waals surface area contributed by atoms with Crippen molar-refractivity contribution in [2.75, 3.05) is 27.0 Å². The van der Waals surface area contributed by atoms with Crippen LogP contribution in [0.25, 0.3) is 0 Å². The molecule has 1 atom stereocenters. The van der Waals surface area contributed by atoms with Gasteiger partial charge < -0.3 is 19.3 Å². The zero-order valence-corrected chi connectivity index (χ0v) is 13.7. The number of ether oxygens (including phenoxy) is 3. The van der Waals surface area contributed by atoms with Gasteiger partial charge in [0.1, 0.15) is 11.5 Å². The quantitative estimate of drug-likeness (QED) is 0.933. The Balaban J connectivity index is 1.84. The van der Waals surface area contributed by atoms with Crippen LogP contribution < -0.4 is 14.2 Å². The molecule has 0 unspecified atom stereocenters. The Labute approximate surface area is 141 Å². The van der Waals surface area contributed by atoms with Gasteiger partial charge in [0.05, 0.1) is 13.2 Å². The second kappa shape index (κ2) is 6.24. The summed E-state index contributed by atoms with van der Waals surface area (Å²) in [6.45, 7) is 2.19. The molecule has 1 saturated heterocycles. The van der Waals surface area contributed by atoms with Gasteiger partial charge in [-0.25, -0.2) is 0 Å². The van der Waals surface area contributed by atoms with E-state index in [4.69, 9.17) is 14.2 Å². The Morgan fingerprint density at radius 2 is 1.75 bits per heavy atom. The third-order valence-electron chi connectivity index (χ3n) is 4.76. The molecular weight excluding hydrogens is 306 g/mol. The fourth-order valence-electron chi connectivity index (χ4n) is 3.62. The summed E-state index contributed by atoms with van der Waals surface area (Å²) in [6.07, 6.45) is 2.33. The van der Waals surface area contributed by atoms with Crippen molar-refractivity contribution < 1.29 is 19.3 Å². The molecule has 2 aromatic carbocycles. The molecule has 0 aliphatic carbocycles. The number of hydrogen-bond acceptors (Lipinski definition) is 5. The van der Waals surface area contributed by atoms with Gasteiger partial charge in [-0.1, -0.05) is 18.2 Å². The number of phenols is 1. The van der Waals surface area contributed by atoms with Gasteiger partial charge in [0, 0.05) is 17.2 Å². The number of benzene rings is 2. The van der Waals surface area contributed by atoms with Gasteiger partial charge in [0.25, 0.3) is 0 Å². The van der Waals surface area contributed by atoms with Crippen LogP contribution in [0.4, 0.5) is 0 Å². The van der Waals surface area contributed by atoms with Crippen molar-refractivity contribution >= 4 is 0 Å². The van der Waals surface area contributed by atoms with Crippen molar-refractivity contribution in [1.29, 1.82) is 0 Å². The van der Waals surface area contributed by atoms with E-state index < -0.39 is 0 Å². The number of aromatic hydroxyl groups is 1. The average Bonchev–Trinajstić information content (AvgIpc) is 3.27. The van der Waals surface area contributed by atoms with Crippen LogP contribution in [0.5, 0.6) is 23.0 Å². The van der Waals surface area contributed by atoms with Gasteiger partial charge >= 0.3 is 0 Å². The first-order valence-corrected chi connectivity index (χ1v) is 8.27. The summed E-state index contributed by atoms with van der Waals surface area (Å²) >= 11 is 0. The van der Waals surface area contributed by atoms with Crippen molar-refractivity contribution in [3.05, 3.63) is 47.5 Å². The van der Waals surface area contributed by atoms with Crippen molar-refractivity contribution in [2.45, 2.75) is 18.9 Å². The third kappa shape index (κ3) is 2.55. The molecule has 0 radical (unpaired) electrons. The maximum absolute atomic E-state index is 10.6. The zero-order chi connectivity index (χ0) is 16.5. The zero-order valence-electron chi connectivity index (χ0n) is 13.7. The number of phenolic OH excluding ortho intramolecular Hbond substituents is 1. The molecule has 0 bridgehead atoms. The minimum absolute atomic E-state index is 0.0712. The van der Waals surface area contributed by atoms with Crippen LogP contribution >= 0.6 is 0 Å². The highest BCUT2D eigenvalue weighted by molar-refractivity contribution is 5.55. The van der Waals surface area contributed by atoms with Crippen LogP contribution in [0.2, 0.25) is 0 Å². The molecule has 24 heavy (non-hydrogen) atoms. The summed E-state index contributed by atoms with van der Waals surface area (Å²) in [7, 11) is 1.68. The second-order valence-electron chi connectivity index (χ2n) is 6.15. The predicted molar refractivity (Wildman–Crippen MR) is 89.9 cm³/mol. The molecular formula is C19H21NO4. The van der Waals surface area contributed by atoms with Crippen LogP contribution in [0.1, 0.15) is 30.0 Å². The SMILES string of the molecule is COc1ccccc1[C@@H](c1cc2c(cc1O)OCO2)N1CCCC1. The summed E-state index contributed by atoms with van der Waals surface area (Å²) in [4.78, 5) is 2.38. The molecule has 5 heteroatoms. The van der Waals surface area contributed by atoms with E-state index in [1.54, 1.807) is 13.2 Å². The topological polar surface area (TPSA) is 51.2 Å². The predicted octanol–water partition coefficient (Wildman–Crippen LogP) is 3.31. The lowest BCUT2D eigenvalue weighted by molar-refractivity contribution is 0.173. The molecule has 126 valence electrons. The minimum atomic E-state index is -0.0712. The van der Waals surface area contributed by atoms with Gasteiger partial charge in [-0.3, -0.25) is 4.90 Å². The van der Waals surface area contributed by atoms with E-state index in [2.05, 4.69) is 11.0 Å². The van der Waals surface area contributed by atoms with Crippen molar-refractivity contribution in [3.8, 4) is 23.0 Å². The highest BCUT2D eigenvalue weighted by atomic mass is 16.7. The molecule has 0 spiro atoms. The molecule has 0 amide bonds. The molecule has 1 N–H and O–H groups in total. The Bertz CT molecular complexity index is 740. The number of rotatable bonds is 4. The number of para-hydroxylation sites is 1. The molecule has 0 saturated carbocycles. The van der Waals surface area contributed by atoms with Gasteiger partial charge in [-0.05, 0) is 38.1 Å². The van der Waals surface area contributed by atoms with Crippen LogP contribution in [-0.2, 0) is 0 Å². The number of fused-ring (bicyclic) bond motifs is 1. The fourth-order valence-corrected chi connectivity index (χ4v) is 3.62. The third-order valence-corrected chi connectivity index (χ3v) is 4.76. The maximum atomic E-state index is 10.6. The first kappa shape index (κ1) is 15.1. The summed E-state index contributed by atoms with van der Waals surface area (Å²) < 4.78 is 16.5. The fraction of sp³-hybridized carbons (Fsp3) is 0.368. The lowest BCUT2D eigenvalue weighted by Crippen LogP contribution is -2.27. The lowest BCUT2D eigenvalue weighted by atomic mass is 9.95. The van der Waals surface area contributed by atoms with E-state index in [-0.39, 0.29) is 18.6 Å². The van der Waals surface area contributed by atoms with Crippen molar-refractivity contribution in [3.63, 3.8) is 0 Å². The molecule has 2 aliphatic rings. The number of methoxy groups -OCH3 is 1. The monoisotopic (exact) mass is 327 g/mol. The molecule has 2 aromatic rings. The van der Waals surface area contributed by atoms with E-state index in [9.17, 15) is 5.11 Å². The Hall–Kier alpha value is -2.40. The highest BCUT2D eigenvalue weighted by Crippen LogP contribution is 2.45. The standard InChI is InChI=1S/C19H21NO4/c1-22-16-7-3-2-6-13(16)19(20-8-4-5-9-20)14-10-17-18(11-15(14)21)24-12-23-17/h2-3,6-7,10-11,19,21H,4-5,8-9,12H2,1H3/t19-/m0/s1. The lowest BCUT2D eigenvalue weighted by Gasteiger charge is -2.30.